The first-order valence-electron chi connectivity index (χ1n) is 10.3. The highest BCUT2D eigenvalue weighted by Crippen LogP contribution is 2.21. The number of hydrogen-bond donors (Lipinski definition) is 2. The van der Waals surface area contributed by atoms with E-state index < -0.39 is 0 Å². The van der Waals surface area contributed by atoms with Gasteiger partial charge in [-0.05, 0) is 32.9 Å². The van der Waals surface area contributed by atoms with Crippen molar-refractivity contribution in [3.05, 3.63) is 30.3 Å². The summed E-state index contributed by atoms with van der Waals surface area (Å²) in [5.41, 5.74) is 0.952. The molecular weight excluding hydrogens is 481 g/mol. The topological polar surface area (TPSA) is 69.2 Å². The van der Waals surface area contributed by atoms with Crippen LogP contribution in [0.1, 0.15) is 27.2 Å². The summed E-state index contributed by atoms with van der Waals surface area (Å²) in [6.07, 6.45) is 0.482. The van der Waals surface area contributed by atoms with Gasteiger partial charge in [0.05, 0.1) is 25.8 Å². The lowest BCUT2D eigenvalue weighted by molar-refractivity contribution is -0.117. The average molecular weight is 515 g/mol. The third-order valence-corrected chi connectivity index (χ3v) is 5.38. The Bertz CT molecular complexity index is 672. The van der Waals surface area contributed by atoms with Gasteiger partial charge in [0.15, 0.2) is 5.96 Å². The molecule has 29 heavy (non-hydrogen) atoms. The van der Waals surface area contributed by atoms with E-state index in [0.717, 1.165) is 38.0 Å². The van der Waals surface area contributed by atoms with Crippen LogP contribution in [0, 0.1) is 0 Å². The zero-order chi connectivity index (χ0) is 19.9. The molecule has 3 atom stereocenters. The number of nitrogens with one attached hydrogen (secondary N) is 2. The molecule has 0 aliphatic carbocycles. The molecule has 3 rings (SSSR count). The first kappa shape index (κ1) is 23.9. The molecule has 7 nitrogen and oxygen atoms in total. The maximum Gasteiger partial charge on any atom is 0.229 e. The summed E-state index contributed by atoms with van der Waals surface area (Å²) in [6, 6.07) is 10.7. The van der Waals surface area contributed by atoms with E-state index in [0.29, 0.717) is 31.6 Å². The standard InChI is InChI=1S/C21H33N5O2.HI/c1-4-22-21(23-13-16(2)25-10-11-28-15-17(25)3)24-18-12-20(27)26(14-18)19-8-6-5-7-9-19;/h5-9,16-18H,4,10-15H2,1-3H3,(H2,22,23,24);1H. The Kier molecular flexibility index (Phi) is 9.64. The Morgan fingerprint density at radius 3 is 2.79 bits per heavy atom. The van der Waals surface area contributed by atoms with Gasteiger partial charge in [0, 0.05) is 43.8 Å². The Morgan fingerprint density at radius 2 is 2.10 bits per heavy atom. The average Bonchev–Trinajstić information content (AvgIpc) is 3.07. The Labute approximate surface area is 191 Å². The maximum absolute atomic E-state index is 12.4. The van der Waals surface area contributed by atoms with Gasteiger partial charge < -0.3 is 20.3 Å². The van der Waals surface area contributed by atoms with Crippen LogP contribution >= 0.6 is 24.0 Å². The second-order valence-electron chi connectivity index (χ2n) is 7.62. The fourth-order valence-corrected chi connectivity index (χ4v) is 3.90. The van der Waals surface area contributed by atoms with Crippen LogP contribution in [0.4, 0.5) is 5.69 Å². The van der Waals surface area contributed by atoms with Crippen molar-refractivity contribution in [1.29, 1.82) is 0 Å². The highest BCUT2D eigenvalue weighted by Gasteiger charge is 2.31. The van der Waals surface area contributed by atoms with Crippen molar-refractivity contribution < 1.29 is 9.53 Å². The molecule has 2 fully saturated rings. The SMILES string of the molecule is CCNC(=NCC(C)N1CCOCC1C)NC1CC(=O)N(c2ccccc2)C1.I. The lowest BCUT2D eigenvalue weighted by Gasteiger charge is -2.37. The number of amides is 1. The van der Waals surface area contributed by atoms with Crippen molar-refractivity contribution in [3.63, 3.8) is 0 Å². The number of carbonyl (C=O) groups excluding carboxylic acids is 1. The van der Waals surface area contributed by atoms with E-state index in [4.69, 9.17) is 9.73 Å². The minimum absolute atomic E-state index is 0. The van der Waals surface area contributed by atoms with Crippen LogP contribution in [0.25, 0.3) is 0 Å². The molecule has 1 aromatic rings. The fraction of sp³-hybridized carbons (Fsp3) is 0.619. The predicted molar refractivity (Wildman–Crippen MR) is 128 cm³/mol. The van der Waals surface area contributed by atoms with Crippen molar-refractivity contribution >= 4 is 41.5 Å². The molecule has 1 aromatic carbocycles. The smallest absolute Gasteiger partial charge is 0.229 e. The van der Waals surface area contributed by atoms with E-state index in [1.165, 1.54) is 0 Å². The van der Waals surface area contributed by atoms with Crippen molar-refractivity contribution in [2.75, 3.05) is 44.3 Å². The largest absolute Gasteiger partial charge is 0.379 e. The van der Waals surface area contributed by atoms with E-state index in [2.05, 4.69) is 36.3 Å². The fourth-order valence-electron chi connectivity index (χ4n) is 3.90. The van der Waals surface area contributed by atoms with Gasteiger partial charge in [-0.1, -0.05) is 18.2 Å². The summed E-state index contributed by atoms with van der Waals surface area (Å²) in [4.78, 5) is 21.5. The lowest BCUT2D eigenvalue weighted by atomic mass is 10.2. The monoisotopic (exact) mass is 515 g/mol. The molecule has 162 valence electrons. The quantitative estimate of drug-likeness (QED) is 0.345. The van der Waals surface area contributed by atoms with Gasteiger partial charge in [-0.2, -0.15) is 0 Å². The predicted octanol–water partition coefficient (Wildman–Crippen LogP) is 2.07. The van der Waals surface area contributed by atoms with Crippen LogP contribution in [0.15, 0.2) is 35.3 Å². The second-order valence-corrected chi connectivity index (χ2v) is 7.62. The molecule has 2 N–H and O–H groups in total. The van der Waals surface area contributed by atoms with Gasteiger partial charge in [0.25, 0.3) is 0 Å². The molecule has 0 aromatic heterocycles. The first-order chi connectivity index (χ1) is 13.6. The highest BCUT2D eigenvalue weighted by molar-refractivity contribution is 14.0. The van der Waals surface area contributed by atoms with Crippen LogP contribution in [0.5, 0.6) is 0 Å². The van der Waals surface area contributed by atoms with Crippen molar-refractivity contribution in [3.8, 4) is 0 Å². The molecule has 2 aliphatic rings. The third kappa shape index (κ3) is 6.55. The van der Waals surface area contributed by atoms with E-state index in [9.17, 15) is 4.79 Å². The van der Waals surface area contributed by atoms with Crippen LogP contribution < -0.4 is 15.5 Å². The van der Waals surface area contributed by atoms with Crippen molar-refractivity contribution in [2.24, 2.45) is 4.99 Å². The Hall–Kier alpha value is -1.39. The third-order valence-electron chi connectivity index (χ3n) is 5.38. The molecule has 2 heterocycles. The normalized spacial score (nSPS) is 24.2. The number of para-hydroxylation sites is 1. The first-order valence-corrected chi connectivity index (χ1v) is 10.3. The number of halogens is 1. The van der Waals surface area contributed by atoms with Crippen LogP contribution in [-0.4, -0.2) is 74.3 Å². The molecule has 0 bridgehead atoms. The zero-order valence-corrected chi connectivity index (χ0v) is 20.0. The summed E-state index contributed by atoms with van der Waals surface area (Å²) in [5.74, 6) is 0.929. The summed E-state index contributed by atoms with van der Waals surface area (Å²) >= 11 is 0. The Morgan fingerprint density at radius 1 is 1.34 bits per heavy atom. The molecule has 8 heteroatoms. The van der Waals surface area contributed by atoms with Gasteiger partial charge in [-0.25, -0.2) is 0 Å². The number of anilines is 1. The summed E-state index contributed by atoms with van der Waals surface area (Å²) in [7, 11) is 0. The van der Waals surface area contributed by atoms with E-state index in [-0.39, 0.29) is 35.9 Å². The zero-order valence-electron chi connectivity index (χ0n) is 17.6. The number of rotatable bonds is 6. The second kappa shape index (κ2) is 11.7. The summed E-state index contributed by atoms with van der Waals surface area (Å²) < 4.78 is 5.53. The molecule has 2 aliphatic heterocycles. The van der Waals surface area contributed by atoms with Gasteiger partial charge >= 0.3 is 0 Å². The van der Waals surface area contributed by atoms with E-state index in [1.807, 2.05) is 35.2 Å². The van der Waals surface area contributed by atoms with Gasteiger partial charge in [-0.15, -0.1) is 24.0 Å². The molecular formula is C21H34IN5O2. The van der Waals surface area contributed by atoms with Crippen molar-refractivity contribution in [2.45, 2.75) is 45.3 Å². The molecule has 0 saturated carbocycles. The summed E-state index contributed by atoms with van der Waals surface area (Å²) in [6.45, 7) is 11.1. The number of benzene rings is 1. The number of guanidine groups is 1. The van der Waals surface area contributed by atoms with Gasteiger partial charge in [-0.3, -0.25) is 14.7 Å². The van der Waals surface area contributed by atoms with Gasteiger partial charge in [0.1, 0.15) is 0 Å². The molecule has 1 amide bonds. The number of morpholine rings is 1. The maximum atomic E-state index is 12.4. The van der Waals surface area contributed by atoms with Crippen LogP contribution in [-0.2, 0) is 9.53 Å². The van der Waals surface area contributed by atoms with E-state index >= 15 is 0 Å². The van der Waals surface area contributed by atoms with Gasteiger partial charge in [0.2, 0.25) is 5.91 Å². The van der Waals surface area contributed by atoms with Crippen LogP contribution in [0.3, 0.4) is 0 Å². The minimum Gasteiger partial charge on any atom is -0.379 e. The van der Waals surface area contributed by atoms with E-state index in [1.54, 1.807) is 0 Å². The summed E-state index contributed by atoms with van der Waals surface area (Å²) in [5, 5.41) is 6.76. The number of nitrogens with zero attached hydrogens (tertiary/aromatic N) is 3. The molecule has 3 unspecified atom stereocenters. The molecule has 0 spiro atoms. The molecule has 2 saturated heterocycles. The number of hydrogen-bond acceptors (Lipinski definition) is 4. The van der Waals surface area contributed by atoms with Crippen molar-refractivity contribution in [1.82, 2.24) is 15.5 Å². The molecule has 0 radical (unpaired) electrons. The Balaban J connectivity index is 0.00000300. The highest BCUT2D eigenvalue weighted by atomic mass is 127. The number of aliphatic imine (C=N–C) groups is 1. The number of ether oxygens (including phenoxy) is 1. The number of carbonyl (C=O) groups is 1. The van der Waals surface area contributed by atoms with Crippen LogP contribution in [0.2, 0.25) is 0 Å². The minimum atomic E-state index is 0. The lowest BCUT2D eigenvalue weighted by Crippen LogP contribution is -2.50.